The molecule has 1 aliphatic carbocycles. The van der Waals surface area contributed by atoms with Crippen LogP contribution in [0.4, 0.5) is 4.39 Å². The van der Waals surface area contributed by atoms with E-state index in [0.29, 0.717) is 16.0 Å². The maximum Gasteiger partial charge on any atom is 0.265 e. The lowest BCUT2D eigenvalue weighted by Crippen LogP contribution is -2.22. The summed E-state index contributed by atoms with van der Waals surface area (Å²) in [4.78, 5) is 11.9. The smallest absolute Gasteiger partial charge is 0.265 e. The summed E-state index contributed by atoms with van der Waals surface area (Å²) in [7, 11) is 1.65. The van der Waals surface area contributed by atoms with E-state index in [2.05, 4.69) is 35.4 Å². The van der Waals surface area contributed by atoms with Crippen LogP contribution < -0.4 is 14.2 Å². The molecule has 7 heteroatoms. The van der Waals surface area contributed by atoms with E-state index in [4.69, 9.17) is 16.3 Å². The number of amides is 1. The Balaban J connectivity index is 1.70. The normalized spacial score (nSPS) is 15.0. The predicted molar refractivity (Wildman–Crippen MR) is 112 cm³/mol. The van der Waals surface area contributed by atoms with Crippen LogP contribution in [-0.4, -0.2) is 13.0 Å². The molecule has 0 bridgehead atoms. The van der Waals surface area contributed by atoms with Crippen LogP contribution in [0.3, 0.4) is 0 Å². The minimum atomic E-state index is -0.634. The van der Waals surface area contributed by atoms with Gasteiger partial charge >= 0.3 is 0 Å². The van der Waals surface area contributed by atoms with Crippen LogP contribution in [0.25, 0.3) is 0 Å². The Bertz CT molecular complexity index is 889. The molecule has 2 aromatic rings. The van der Waals surface area contributed by atoms with Crippen molar-refractivity contribution in [1.82, 2.24) is 9.44 Å². The molecular weight excluding hydrogens is 399 g/mol. The van der Waals surface area contributed by atoms with E-state index in [-0.39, 0.29) is 12.2 Å². The molecule has 1 amide bonds. The standard InChI is InChI=1S/C21H24ClFN2O2S/c1-21(2)7-6-13-8-16(5-4-14(13)11-21)27-12-15-9-19(23)17(10-18(15)22)20(26)25-28-24-3/h4-5,8-10,24H,6-7,11-12H2,1-3H3,(H,25,26). The van der Waals surface area contributed by atoms with Gasteiger partial charge in [-0.15, -0.1) is 0 Å². The van der Waals surface area contributed by atoms with Gasteiger partial charge in [0.25, 0.3) is 5.91 Å². The third-order valence-electron chi connectivity index (χ3n) is 4.94. The lowest BCUT2D eigenvalue weighted by Gasteiger charge is -2.31. The van der Waals surface area contributed by atoms with Gasteiger partial charge in [0.1, 0.15) is 18.2 Å². The van der Waals surface area contributed by atoms with Gasteiger partial charge in [-0.1, -0.05) is 31.5 Å². The second-order valence-electron chi connectivity index (χ2n) is 7.72. The highest BCUT2D eigenvalue weighted by Gasteiger charge is 2.25. The molecule has 0 unspecified atom stereocenters. The Morgan fingerprint density at radius 2 is 2.07 bits per heavy atom. The van der Waals surface area contributed by atoms with Crippen LogP contribution in [0.2, 0.25) is 5.02 Å². The van der Waals surface area contributed by atoms with E-state index in [0.717, 1.165) is 37.1 Å². The van der Waals surface area contributed by atoms with Gasteiger partial charge in [0, 0.05) is 22.7 Å². The van der Waals surface area contributed by atoms with Gasteiger partial charge in [-0.2, -0.15) is 0 Å². The minimum absolute atomic E-state index is 0.104. The van der Waals surface area contributed by atoms with Crippen molar-refractivity contribution in [2.24, 2.45) is 5.41 Å². The molecule has 0 fully saturated rings. The average molecular weight is 423 g/mol. The Morgan fingerprint density at radius 3 is 2.82 bits per heavy atom. The first-order chi connectivity index (χ1) is 13.3. The van der Waals surface area contributed by atoms with Crippen LogP contribution in [0.5, 0.6) is 5.75 Å². The number of halogens is 2. The number of ether oxygens (including phenoxy) is 1. The van der Waals surface area contributed by atoms with Crippen molar-refractivity contribution in [1.29, 1.82) is 0 Å². The van der Waals surface area contributed by atoms with Crippen LogP contribution in [0.1, 0.15) is 47.3 Å². The van der Waals surface area contributed by atoms with Crippen molar-refractivity contribution in [2.45, 2.75) is 39.7 Å². The molecule has 0 aliphatic heterocycles. The molecule has 0 saturated heterocycles. The van der Waals surface area contributed by atoms with E-state index >= 15 is 0 Å². The zero-order valence-electron chi connectivity index (χ0n) is 16.2. The van der Waals surface area contributed by atoms with E-state index in [1.54, 1.807) is 7.05 Å². The second-order valence-corrected chi connectivity index (χ2v) is 8.94. The Hall–Kier alpha value is -1.76. The summed E-state index contributed by atoms with van der Waals surface area (Å²) >= 11 is 7.21. The van der Waals surface area contributed by atoms with Crippen LogP contribution in [0.15, 0.2) is 30.3 Å². The van der Waals surface area contributed by atoms with E-state index < -0.39 is 11.7 Å². The Kier molecular flexibility index (Phi) is 6.53. The van der Waals surface area contributed by atoms with Crippen LogP contribution in [0, 0.1) is 11.2 Å². The van der Waals surface area contributed by atoms with E-state index in [1.807, 2.05) is 6.07 Å². The fraction of sp³-hybridized carbons (Fsp3) is 0.381. The molecule has 0 atom stereocenters. The number of benzene rings is 2. The van der Waals surface area contributed by atoms with Crippen molar-refractivity contribution in [3.8, 4) is 5.75 Å². The summed E-state index contributed by atoms with van der Waals surface area (Å²) in [6.07, 6.45) is 3.24. The molecule has 2 aromatic carbocycles. The van der Waals surface area contributed by atoms with Gasteiger partial charge in [-0.05, 0) is 67.1 Å². The monoisotopic (exact) mass is 422 g/mol. The molecule has 4 nitrogen and oxygen atoms in total. The quantitative estimate of drug-likeness (QED) is 0.637. The highest BCUT2D eigenvalue weighted by molar-refractivity contribution is 7.96. The summed E-state index contributed by atoms with van der Waals surface area (Å²) in [6.45, 7) is 4.71. The number of rotatable bonds is 6. The van der Waals surface area contributed by atoms with Crippen molar-refractivity contribution >= 4 is 29.6 Å². The Labute approximate surface area is 174 Å². The zero-order valence-corrected chi connectivity index (χ0v) is 17.8. The lowest BCUT2D eigenvalue weighted by molar-refractivity contribution is 0.0980. The van der Waals surface area contributed by atoms with Gasteiger partial charge in [-0.3, -0.25) is 9.52 Å². The number of carbonyl (C=O) groups excluding carboxylic acids is 1. The van der Waals surface area contributed by atoms with Gasteiger partial charge in [0.05, 0.1) is 5.56 Å². The van der Waals surface area contributed by atoms with Crippen LogP contribution in [-0.2, 0) is 19.4 Å². The maximum absolute atomic E-state index is 14.3. The third-order valence-corrected chi connectivity index (χ3v) is 5.78. The highest BCUT2D eigenvalue weighted by Crippen LogP contribution is 2.36. The first-order valence-electron chi connectivity index (χ1n) is 9.14. The summed E-state index contributed by atoms with van der Waals surface area (Å²) in [5.74, 6) is -0.448. The fourth-order valence-electron chi connectivity index (χ4n) is 3.36. The molecule has 150 valence electrons. The summed E-state index contributed by atoms with van der Waals surface area (Å²) < 4.78 is 25.3. The Morgan fingerprint density at radius 1 is 1.29 bits per heavy atom. The van der Waals surface area contributed by atoms with Gasteiger partial charge in [-0.25, -0.2) is 9.11 Å². The van der Waals surface area contributed by atoms with Crippen molar-refractivity contribution in [2.75, 3.05) is 7.05 Å². The molecule has 28 heavy (non-hydrogen) atoms. The molecule has 0 saturated carbocycles. The molecule has 3 rings (SSSR count). The summed E-state index contributed by atoms with van der Waals surface area (Å²) in [5, 5.41) is 0.292. The average Bonchev–Trinajstić information content (AvgIpc) is 2.65. The molecule has 0 radical (unpaired) electrons. The summed E-state index contributed by atoms with van der Waals surface area (Å²) in [5.41, 5.74) is 3.40. The predicted octanol–water partition coefficient (Wildman–Crippen LogP) is 5.09. The number of fused-ring (bicyclic) bond motifs is 1. The molecule has 1 aliphatic rings. The number of hydrogen-bond acceptors (Lipinski definition) is 4. The summed E-state index contributed by atoms with van der Waals surface area (Å²) in [6, 6.07) is 8.70. The number of aryl methyl sites for hydroxylation is 1. The number of hydrogen-bond donors (Lipinski definition) is 2. The zero-order chi connectivity index (χ0) is 20.3. The SMILES string of the molecule is CNSNC(=O)c1cc(Cl)c(COc2ccc3c(c2)CCC(C)(C)C3)cc1F. The molecule has 0 aromatic heterocycles. The number of nitrogens with one attached hydrogen (secondary N) is 2. The van der Waals surface area contributed by atoms with E-state index in [9.17, 15) is 9.18 Å². The third kappa shape index (κ3) is 4.99. The van der Waals surface area contributed by atoms with Crippen LogP contribution >= 0.6 is 23.7 Å². The second kappa shape index (κ2) is 8.72. The molecule has 0 spiro atoms. The van der Waals surface area contributed by atoms with Gasteiger partial charge in [0.15, 0.2) is 0 Å². The molecule has 0 heterocycles. The maximum atomic E-state index is 14.3. The minimum Gasteiger partial charge on any atom is -0.489 e. The first-order valence-corrected chi connectivity index (χ1v) is 10.3. The molecule has 2 N–H and O–H groups in total. The fourth-order valence-corrected chi connectivity index (χ4v) is 3.88. The first kappa shape index (κ1) is 21.0. The van der Waals surface area contributed by atoms with E-state index in [1.165, 1.54) is 23.3 Å². The number of carbonyl (C=O) groups is 1. The van der Waals surface area contributed by atoms with Crippen molar-refractivity contribution in [3.63, 3.8) is 0 Å². The molecular formula is C21H24ClFN2O2S. The van der Waals surface area contributed by atoms with Gasteiger partial charge in [0.2, 0.25) is 0 Å². The highest BCUT2D eigenvalue weighted by atomic mass is 35.5. The van der Waals surface area contributed by atoms with Crippen molar-refractivity contribution in [3.05, 3.63) is 63.4 Å². The largest absolute Gasteiger partial charge is 0.489 e. The van der Waals surface area contributed by atoms with Gasteiger partial charge < -0.3 is 4.74 Å². The van der Waals surface area contributed by atoms with Crippen molar-refractivity contribution < 1.29 is 13.9 Å². The lowest BCUT2D eigenvalue weighted by atomic mass is 9.74. The topological polar surface area (TPSA) is 50.4 Å².